The van der Waals surface area contributed by atoms with E-state index in [1.165, 1.54) is 37.1 Å². The van der Waals surface area contributed by atoms with Crippen LogP contribution in [-0.4, -0.2) is 17.0 Å². The number of amides is 1. The summed E-state index contributed by atoms with van der Waals surface area (Å²) in [5.41, 5.74) is 0.669. The summed E-state index contributed by atoms with van der Waals surface area (Å²) < 4.78 is 0. The Bertz CT molecular complexity index is 385. The molecule has 1 aliphatic rings. The van der Waals surface area contributed by atoms with Crippen molar-refractivity contribution in [2.24, 2.45) is 11.8 Å². The maximum Gasteiger partial charge on any atom is 0.268 e. The zero-order chi connectivity index (χ0) is 13.0. The molecule has 0 saturated heterocycles. The molecular formula is C15H22N2O. The van der Waals surface area contributed by atoms with Gasteiger partial charge in [0, 0.05) is 11.6 Å². The number of hydrogen-bond donors (Lipinski definition) is 1. The van der Waals surface area contributed by atoms with Crippen molar-refractivity contribution < 1.29 is 4.79 Å². The first-order valence-electron chi connectivity index (χ1n) is 6.83. The summed E-state index contributed by atoms with van der Waals surface area (Å²) in [6.07, 6.45) is 6.24. The summed E-state index contributed by atoms with van der Waals surface area (Å²) in [6.45, 7) is 2.07. The minimum Gasteiger partial charge on any atom is -0.274 e. The van der Waals surface area contributed by atoms with Gasteiger partial charge in [-0.2, -0.15) is 0 Å². The average Bonchev–Trinajstić information content (AvgIpc) is 2.47. The van der Waals surface area contributed by atoms with E-state index >= 15 is 0 Å². The van der Waals surface area contributed by atoms with Crippen molar-refractivity contribution in [3.05, 3.63) is 35.9 Å². The molecule has 1 saturated carbocycles. The summed E-state index contributed by atoms with van der Waals surface area (Å²) >= 11 is 0. The van der Waals surface area contributed by atoms with E-state index in [0.29, 0.717) is 11.5 Å². The Morgan fingerprint density at radius 2 is 1.83 bits per heavy atom. The van der Waals surface area contributed by atoms with Crippen molar-refractivity contribution in [1.29, 1.82) is 0 Å². The molecule has 2 rings (SSSR count). The molecule has 18 heavy (non-hydrogen) atoms. The van der Waals surface area contributed by atoms with Crippen LogP contribution in [-0.2, 0) is 0 Å². The summed E-state index contributed by atoms with van der Waals surface area (Å²) in [4.78, 5) is 12.2. The van der Waals surface area contributed by atoms with Crippen LogP contribution < -0.4 is 5.84 Å². The van der Waals surface area contributed by atoms with Crippen molar-refractivity contribution >= 4 is 5.91 Å². The van der Waals surface area contributed by atoms with Crippen LogP contribution in [0.2, 0.25) is 0 Å². The Labute approximate surface area is 109 Å². The van der Waals surface area contributed by atoms with Gasteiger partial charge in [0.2, 0.25) is 0 Å². The number of carbonyl (C=O) groups is 1. The van der Waals surface area contributed by atoms with Gasteiger partial charge in [0.05, 0.1) is 0 Å². The Morgan fingerprint density at radius 1 is 1.22 bits per heavy atom. The molecule has 0 radical (unpaired) electrons. The van der Waals surface area contributed by atoms with Crippen molar-refractivity contribution in [2.75, 3.05) is 0 Å². The van der Waals surface area contributed by atoms with Crippen LogP contribution in [0.3, 0.4) is 0 Å². The topological polar surface area (TPSA) is 46.3 Å². The Morgan fingerprint density at radius 3 is 2.44 bits per heavy atom. The van der Waals surface area contributed by atoms with Gasteiger partial charge in [0.1, 0.15) is 0 Å². The molecule has 1 aromatic rings. The van der Waals surface area contributed by atoms with E-state index in [-0.39, 0.29) is 11.9 Å². The van der Waals surface area contributed by atoms with Crippen molar-refractivity contribution in [3.63, 3.8) is 0 Å². The number of hydrogen-bond acceptors (Lipinski definition) is 2. The van der Waals surface area contributed by atoms with Gasteiger partial charge < -0.3 is 0 Å². The highest BCUT2D eigenvalue weighted by Gasteiger charge is 2.26. The lowest BCUT2D eigenvalue weighted by Crippen LogP contribution is -2.48. The summed E-state index contributed by atoms with van der Waals surface area (Å²) in [6, 6.07) is 9.39. The van der Waals surface area contributed by atoms with Crippen LogP contribution in [0.1, 0.15) is 49.4 Å². The minimum absolute atomic E-state index is 0.0753. The highest BCUT2D eigenvalue weighted by atomic mass is 16.2. The number of hydrazine groups is 1. The molecule has 1 atom stereocenters. The van der Waals surface area contributed by atoms with Crippen LogP contribution in [0.4, 0.5) is 0 Å². The Balaban J connectivity index is 2.01. The van der Waals surface area contributed by atoms with Crippen LogP contribution in [0.5, 0.6) is 0 Å². The van der Waals surface area contributed by atoms with E-state index in [2.05, 4.69) is 6.92 Å². The fourth-order valence-electron chi connectivity index (χ4n) is 2.76. The molecule has 0 bridgehead atoms. The quantitative estimate of drug-likeness (QED) is 0.506. The van der Waals surface area contributed by atoms with Gasteiger partial charge in [-0.1, -0.05) is 37.5 Å². The van der Waals surface area contributed by atoms with E-state index < -0.39 is 0 Å². The van der Waals surface area contributed by atoms with E-state index in [0.717, 1.165) is 0 Å². The van der Waals surface area contributed by atoms with Crippen LogP contribution in [0.25, 0.3) is 0 Å². The van der Waals surface area contributed by atoms with E-state index in [1.54, 1.807) is 0 Å². The average molecular weight is 246 g/mol. The molecule has 0 heterocycles. The van der Waals surface area contributed by atoms with Gasteiger partial charge in [0.15, 0.2) is 0 Å². The second kappa shape index (κ2) is 6.01. The molecule has 1 aliphatic carbocycles. The van der Waals surface area contributed by atoms with Crippen molar-refractivity contribution in [1.82, 2.24) is 5.01 Å². The van der Waals surface area contributed by atoms with Gasteiger partial charge in [0.25, 0.3) is 5.91 Å². The first-order valence-corrected chi connectivity index (χ1v) is 6.83. The summed E-state index contributed by atoms with van der Waals surface area (Å²) in [5.74, 6) is 6.48. The molecule has 0 aliphatic heterocycles. The normalized spacial score (nSPS) is 18.3. The maximum atomic E-state index is 12.2. The van der Waals surface area contributed by atoms with Crippen molar-refractivity contribution in [3.8, 4) is 0 Å². The zero-order valence-electron chi connectivity index (χ0n) is 11.0. The predicted octanol–water partition coefficient (Wildman–Crippen LogP) is 2.97. The third kappa shape index (κ3) is 2.91. The summed E-state index contributed by atoms with van der Waals surface area (Å²) in [5, 5.41) is 1.42. The third-order valence-corrected chi connectivity index (χ3v) is 4.03. The lowest BCUT2D eigenvalue weighted by Gasteiger charge is -2.33. The number of carbonyl (C=O) groups excluding carboxylic acids is 1. The van der Waals surface area contributed by atoms with Crippen LogP contribution in [0.15, 0.2) is 30.3 Å². The SMILES string of the molecule is CC(C1CCCCC1)N(N)C(=O)c1ccccc1. The molecule has 2 N–H and O–H groups in total. The van der Waals surface area contributed by atoms with E-state index in [1.807, 2.05) is 30.3 Å². The van der Waals surface area contributed by atoms with Crippen LogP contribution in [0, 0.1) is 5.92 Å². The second-order valence-electron chi connectivity index (χ2n) is 5.22. The molecule has 98 valence electrons. The Kier molecular flexibility index (Phi) is 4.37. The fraction of sp³-hybridized carbons (Fsp3) is 0.533. The number of benzene rings is 1. The molecule has 0 spiro atoms. The second-order valence-corrected chi connectivity index (χ2v) is 5.22. The smallest absolute Gasteiger partial charge is 0.268 e. The third-order valence-electron chi connectivity index (χ3n) is 4.03. The lowest BCUT2D eigenvalue weighted by atomic mass is 9.84. The number of nitrogens with two attached hydrogens (primary N) is 1. The molecule has 1 amide bonds. The lowest BCUT2D eigenvalue weighted by molar-refractivity contribution is 0.0597. The largest absolute Gasteiger partial charge is 0.274 e. The van der Waals surface area contributed by atoms with Gasteiger partial charge in [-0.3, -0.25) is 9.80 Å². The number of rotatable bonds is 3. The van der Waals surface area contributed by atoms with E-state index in [4.69, 9.17) is 5.84 Å². The molecule has 3 heteroatoms. The Hall–Kier alpha value is -1.35. The van der Waals surface area contributed by atoms with Gasteiger partial charge in [-0.05, 0) is 37.8 Å². The number of nitrogens with zero attached hydrogens (tertiary/aromatic N) is 1. The minimum atomic E-state index is -0.0753. The van der Waals surface area contributed by atoms with Crippen LogP contribution >= 0.6 is 0 Å². The first kappa shape index (κ1) is 13.1. The highest BCUT2D eigenvalue weighted by Crippen LogP contribution is 2.28. The first-order chi connectivity index (χ1) is 8.70. The molecule has 0 aromatic heterocycles. The highest BCUT2D eigenvalue weighted by molar-refractivity contribution is 5.93. The standard InChI is InChI=1S/C15H22N2O/c1-12(13-8-4-2-5-9-13)17(16)15(18)14-10-6-3-7-11-14/h3,6-7,10-13H,2,4-5,8-9,16H2,1H3. The molecule has 1 fully saturated rings. The molecular weight excluding hydrogens is 224 g/mol. The van der Waals surface area contributed by atoms with Gasteiger partial charge in [-0.25, -0.2) is 5.84 Å². The molecule has 1 unspecified atom stereocenters. The zero-order valence-corrected chi connectivity index (χ0v) is 11.0. The monoisotopic (exact) mass is 246 g/mol. The van der Waals surface area contributed by atoms with Gasteiger partial charge >= 0.3 is 0 Å². The fourth-order valence-corrected chi connectivity index (χ4v) is 2.76. The van der Waals surface area contributed by atoms with Crippen molar-refractivity contribution in [2.45, 2.75) is 45.1 Å². The van der Waals surface area contributed by atoms with Gasteiger partial charge in [-0.15, -0.1) is 0 Å². The van der Waals surface area contributed by atoms with E-state index in [9.17, 15) is 4.79 Å². The summed E-state index contributed by atoms with van der Waals surface area (Å²) in [7, 11) is 0. The maximum absolute atomic E-state index is 12.2. The molecule has 1 aromatic carbocycles. The predicted molar refractivity (Wildman–Crippen MR) is 72.8 cm³/mol. The molecule has 3 nitrogen and oxygen atoms in total.